The summed E-state index contributed by atoms with van der Waals surface area (Å²) in [7, 11) is 0. The fourth-order valence-corrected chi connectivity index (χ4v) is 5.02. The zero-order valence-electron chi connectivity index (χ0n) is 20.0. The van der Waals surface area contributed by atoms with E-state index in [9.17, 15) is 9.18 Å². The second-order valence-electron chi connectivity index (χ2n) is 9.20. The van der Waals surface area contributed by atoms with Crippen molar-refractivity contribution >= 4 is 16.5 Å². The molecule has 1 aromatic heterocycles. The molecule has 2 heterocycles. The average Bonchev–Trinajstić information content (AvgIpc) is 2.85. The normalized spacial score (nSPS) is 18.0. The summed E-state index contributed by atoms with van der Waals surface area (Å²) in [4.78, 5) is 15.8. The third-order valence-electron chi connectivity index (χ3n) is 6.54. The van der Waals surface area contributed by atoms with Crippen LogP contribution in [0.2, 0.25) is 0 Å². The molecule has 1 aliphatic heterocycles. The summed E-state index contributed by atoms with van der Waals surface area (Å²) in [6, 6.07) is 19.9. The molecule has 1 saturated heterocycles. The number of halogens is 1. The molecule has 0 radical (unpaired) electrons. The van der Waals surface area contributed by atoms with E-state index in [1.165, 1.54) is 12.1 Å². The van der Waals surface area contributed by atoms with Crippen LogP contribution in [0.3, 0.4) is 0 Å². The van der Waals surface area contributed by atoms with Crippen molar-refractivity contribution in [2.75, 3.05) is 18.0 Å². The molecular weight excluding hydrogens is 441 g/mol. The third-order valence-corrected chi connectivity index (χ3v) is 6.54. The molecular formula is C29H26FN3O2. The highest BCUT2D eigenvalue weighted by Crippen LogP contribution is 2.31. The van der Waals surface area contributed by atoms with Crippen LogP contribution in [0.15, 0.2) is 71.7 Å². The summed E-state index contributed by atoms with van der Waals surface area (Å²) in [5.74, 6) is -0.572. The van der Waals surface area contributed by atoms with Gasteiger partial charge in [0, 0.05) is 36.0 Å². The molecule has 0 N–H and O–H groups in total. The van der Waals surface area contributed by atoms with Crippen LogP contribution in [0.5, 0.6) is 0 Å². The van der Waals surface area contributed by atoms with Gasteiger partial charge in [-0.3, -0.25) is 9.36 Å². The maximum Gasteiger partial charge on any atom is 0.262 e. The number of fused-ring (bicyclic) bond motifs is 1. The monoisotopic (exact) mass is 467 g/mol. The van der Waals surface area contributed by atoms with E-state index in [-0.39, 0.29) is 23.3 Å². The number of ether oxygens (including phenoxy) is 1. The van der Waals surface area contributed by atoms with Crippen LogP contribution in [-0.4, -0.2) is 29.9 Å². The van der Waals surface area contributed by atoms with Crippen molar-refractivity contribution in [3.8, 4) is 22.9 Å². The van der Waals surface area contributed by atoms with Crippen molar-refractivity contribution in [2.24, 2.45) is 0 Å². The largest absolute Gasteiger partial charge is 0.372 e. The van der Waals surface area contributed by atoms with E-state index in [0.29, 0.717) is 10.9 Å². The van der Waals surface area contributed by atoms with Crippen LogP contribution in [0.1, 0.15) is 25.0 Å². The van der Waals surface area contributed by atoms with Gasteiger partial charge in [0.25, 0.3) is 5.56 Å². The molecule has 2 atom stereocenters. The lowest BCUT2D eigenvalue weighted by Gasteiger charge is -2.36. The topological polar surface area (TPSA) is 58.3 Å². The highest BCUT2D eigenvalue weighted by Gasteiger charge is 2.22. The first-order valence-electron chi connectivity index (χ1n) is 11.7. The van der Waals surface area contributed by atoms with E-state index in [0.717, 1.165) is 41.0 Å². The van der Waals surface area contributed by atoms with Gasteiger partial charge in [-0.1, -0.05) is 18.2 Å². The molecule has 176 valence electrons. The number of nitriles is 1. The smallest absolute Gasteiger partial charge is 0.262 e. The molecule has 3 aromatic carbocycles. The lowest BCUT2D eigenvalue weighted by atomic mass is 9.95. The zero-order chi connectivity index (χ0) is 24.7. The number of hydrogen-bond donors (Lipinski definition) is 0. The summed E-state index contributed by atoms with van der Waals surface area (Å²) < 4.78 is 21.8. The van der Waals surface area contributed by atoms with Gasteiger partial charge in [-0.25, -0.2) is 4.39 Å². The molecule has 5 nitrogen and oxygen atoms in total. The van der Waals surface area contributed by atoms with Crippen LogP contribution >= 0.6 is 0 Å². The van der Waals surface area contributed by atoms with Gasteiger partial charge in [0.2, 0.25) is 0 Å². The Kier molecular flexibility index (Phi) is 5.88. The van der Waals surface area contributed by atoms with E-state index >= 15 is 0 Å². The molecule has 35 heavy (non-hydrogen) atoms. The molecule has 0 saturated carbocycles. The first-order valence-corrected chi connectivity index (χ1v) is 11.7. The SMILES string of the molecule is Cc1cn(-c2ccc(N3C[C@@H](C)O[C@@H](C)C3)cc2)c(=O)c2cccc(-c3ccc(C#N)c(F)c3)c12. The first-order chi connectivity index (χ1) is 16.9. The van der Waals surface area contributed by atoms with Gasteiger partial charge in [0.1, 0.15) is 11.9 Å². The predicted molar refractivity (Wildman–Crippen MR) is 137 cm³/mol. The zero-order valence-corrected chi connectivity index (χ0v) is 20.0. The molecule has 5 rings (SSSR count). The van der Waals surface area contributed by atoms with Crippen molar-refractivity contribution in [3.63, 3.8) is 0 Å². The second kappa shape index (κ2) is 9.01. The lowest BCUT2D eigenvalue weighted by Crippen LogP contribution is -2.45. The summed E-state index contributed by atoms with van der Waals surface area (Å²) in [5.41, 5.74) is 4.05. The summed E-state index contributed by atoms with van der Waals surface area (Å²) in [6.07, 6.45) is 2.17. The molecule has 0 aliphatic carbocycles. The van der Waals surface area contributed by atoms with Gasteiger partial charge in [0.15, 0.2) is 0 Å². The summed E-state index contributed by atoms with van der Waals surface area (Å²) >= 11 is 0. The molecule has 1 fully saturated rings. The van der Waals surface area contributed by atoms with Gasteiger partial charge >= 0.3 is 0 Å². The summed E-state index contributed by atoms with van der Waals surface area (Å²) in [5, 5.41) is 10.4. The Bertz CT molecular complexity index is 1510. The van der Waals surface area contributed by atoms with Crippen molar-refractivity contribution in [3.05, 3.63) is 94.2 Å². The molecule has 0 bridgehead atoms. The fraction of sp³-hybridized carbons (Fsp3) is 0.241. The lowest BCUT2D eigenvalue weighted by molar-refractivity contribution is -0.00521. The maximum atomic E-state index is 14.3. The number of aromatic nitrogens is 1. The van der Waals surface area contributed by atoms with Crippen molar-refractivity contribution in [1.82, 2.24) is 4.57 Å². The molecule has 4 aromatic rings. The molecule has 0 spiro atoms. The first kappa shape index (κ1) is 22.8. The Hall–Kier alpha value is -3.95. The second-order valence-corrected chi connectivity index (χ2v) is 9.20. The van der Waals surface area contributed by atoms with Gasteiger partial charge in [-0.15, -0.1) is 0 Å². The Morgan fingerprint density at radius 3 is 2.34 bits per heavy atom. The van der Waals surface area contributed by atoms with Crippen LogP contribution in [0.4, 0.5) is 10.1 Å². The Morgan fingerprint density at radius 1 is 1.00 bits per heavy atom. The third kappa shape index (κ3) is 4.20. The number of morpholine rings is 1. The van der Waals surface area contributed by atoms with E-state index < -0.39 is 5.82 Å². The maximum absolute atomic E-state index is 14.3. The van der Waals surface area contributed by atoms with E-state index in [1.54, 1.807) is 16.7 Å². The number of pyridine rings is 1. The van der Waals surface area contributed by atoms with Gasteiger partial charge in [-0.2, -0.15) is 5.26 Å². The number of nitrogens with zero attached hydrogens (tertiary/aromatic N) is 3. The highest BCUT2D eigenvalue weighted by molar-refractivity contribution is 5.98. The minimum absolute atomic E-state index is 0.00231. The Balaban J connectivity index is 1.56. The molecule has 6 heteroatoms. The van der Waals surface area contributed by atoms with Crippen LogP contribution in [0.25, 0.3) is 27.6 Å². The number of aryl methyl sites for hydroxylation is 1. The van der Waals surface area contributed by atoms with Gasteiger partial charge in [-0.05, 0) is 85.3 Å². The van der Waals surface area contributed by atoms with Crippen molar-refractivity contribution in [1.29, 1.82) is 5.26 Å². The Morgan fingerprint density at radius 2 is 1.69 bits per heavy atom. The van der Waals surface area contributed by atoms with Gasteiger partial charge in [0.05, 0.1) is 17.8 Å². The van der Waals surface area contributed by atoms with Gasteiger partial charge < -0.3 is 9.64 Å². The highest BCUT2D eigenvalue weighted by atomic mass is 19.1. The number of anilines is 1. The standard InChI is InChI=1S/C29H26FN3O2/c1-18-15-33(24-11-9-23(10-12-24)32-16-19(2)35-20(3)17-32)29(34)26-6-4-5-25(28(18)26)21-7-8-22(14-31)27(30)13-21/h4-13,15,19-20H,16-17H2,1-3H3/t19-,20+. The van der Waals surface area contributed by atoms with E-state index in [4.69, 9.17) is 10.00 Å². The number of hydrogen-bond acceptors (Lipinski definition) is 4. The van der Waals surface area contributed by atoms with Crippen LogP contribution in [0, 0.1) is 24.1 Å². The minimum Gasteiger partial charge on any atom is -0.372 e. The molecule has 0 unspecified atom stereocenters. The Labute approximate surface area is 203 Å². The summed E-state index contributed by atoms with van der Waals surface area (Å²) in [6.45, 7) is 7.77. The molecule has 0 amide bonds. The minimum atomic E-state index is -0.572. The van der Waals surface area contributed by atoms with Crippen LogP contribution < -0.4 is 10.5 Å². The van der Waals surface area contributed by atoms with Crippen molar-refractivity contribution < 1.29 is 9.13 Å². The van der Waals surface area contributed by atoms with E-state index in [2.05, 4.69) is 18.7 Å². The van der Waals surface area contributed by atoms with Crippen LogP contribution in [-0.2, 0) is 4.74 Å². The number of benzene rings is 3. The van der Waals surface area contributed by atoms with E-state index in [1.807, 2.05) is 55.6 Å². The predicted octanol–water partition coefficient (Wildman–Crippen LogP) is 5.59. The molecule has 1 aliphatic rings. The van der Waals surface area contributed by atoms with Crippen molar-refractivity contribution in [2.45, 2.75) is 33.0 Å². The fourth-order valence-electron chi connectivity index (χ4n) is 5.02. The average molecular weight is 468 g/mol. The quantitative estimate of drug-likeness (QED) is 0.394. The number of rotatable bonds is 3.